The highest BCUT2D eigenvalue weighted by molar-refractivity contribution is 7.99. The van der Waals surface area contributed by atoms with E-state index in [2.05, 4.69) is 22.3 Å². The molecule has 0 fully saturated rings. The molecular formula is C18H22N4O3S. The Bertz CT molecular complexity index is 818. The van der Waals surface area contributed by atoms with Gasteiger partial charge in [-0.2, -0.15) is 21.8 Å². The van der Waals surface area contributed by atoms with E-state index >= 15 is 0 Å². The quantitative estimate of drug-likeness (QED) is 0.590. The van der Waals surface area contributed by atoms with E-state index in [-0.39, 0.29) is 5.97 Å². The molecule has 8 heteroatoms. The van der Waals surface area contributed by atoms with Crippen molar-refractivity contribution in [3.63, 3.8) is 0 Å². The number of esters is 1. The van der Waals surface area contributed by atoms with Crippen LogP contribution in [0, 0.1) is 0 Å². The van der Waals surface area contributed by atoms with Gasteiger partial charge in [0.15, 0.2) is 0 Å². The molecule has 0 saturated heterocycles. The molecule has 1 unspecified atom stereocenters. The lowest BCUT2D eigenvalue weighted by Crippen LogP contribution is -2.30. The molecule has 0 spiro atoms. The van der Waals surface area contributed by atoms with Crippen LogP contribution in [0.2, 0.25) is 0 Å². The molecule has 0 saturated carbocycles. The summed E-state index contributed by atoms with van der Waals surface area (Å²) in [6.45, 7) is 4.31. The average molecular weight is 374 g/mol. The fourth-order valence-corrected chi connectivity index (χ4v) is 3.38. The number of nitrogens with one attached hydrogen (secondary N) is 1. The van der Waals surface area contributed by atoms with Gasteiger partial charge in [-0.3, -0.25) is 0 Å². The van der Waals surface area contributed by atoms with Crippen LogP contribution in [0.25, 0.3) is 0 Å². The zero-order valence-electron chi connectivity index (χ0n) is 15.1. The number of aromatic nitrogens is 3. The topological polar surface area (TPSA) is 78.3 Å². The highest BCUT2D eigenvalue weighted by atomic mass is 32.2. The third-order valence-electron chi connectivity index (χ3n) is 4.09. The van der Waals surface area contributed by atoms with Crippen LogP contribution in [-0.4, -0.2) is 46.0 Å². The van der Waals surface area contributed by atoms with E-state index < -0.39 is 6.04 Å². The summed E-state index contributed by atoms with van der Waals surface area (Å²) in [4.78, 5) is 17.0. The van der Waals surface area contributed by atoms with Crippen LogP contribution in [0.4, 0.5) is 5.95 Å². The highest BCUT2D eigenvalue weighted by Crippen LogP contribution is 2.36. The minimum atomic E-state index is -0.421. The molecule has 1 aliphatic heterocycles. The van der Waals surface area contributed by atoms with Gasteiger partial charge in [0.05, 0.1) is 12.7 Å². The number of hydrogen-bond acceptors (Lipinski definition) is 7. The van der Waals surface area contributed by atoms with E-state index in [0.29, 0.717) is 29.6 Å². The van der Waals surface area contributed by atoms with Crippen LogP contribution in [0.15, 0.2) is 41.9 Å². The summed E-state index contributed by atoms with van der Waals surface area (Å²) in [7, 11) is 1.62. The van der Waals surface area contributed by atoms with Gasteiger partial charge in [0.1, 0.15) is 24.7 Å². The first-order chi connectivity index (χ1) is 12.7. The molecule has 0 aliphatic carbocycles. The lowest BCUT2D eigenvalue weighted by molar-refractivity contribution is -0.138. The van der Waals surface area contributed by atoms with E-state index in [1.54, 1.807) is 23.6 Å². The third kappa shape index (κ3) is 3.70. The van der Waals surface area contributed by atoms with Crippen LogP contribution in [0.3, 0.4) is 0 Å². The molecule has 1 N–H and O–H groups in total. The van der Waals surface area contributed by atoms with Crippen LogP contribution in [-0.2, 0) is 9.53 Å². The molecule has 0 bridgehead atoms. The Morgan fingerprint density at radius 3 is 3.04 bits per heavy atom. The van der Waals surface area contributed by atoms with Crippen molar-refractivity contribution in [1.82, 2.24) is 14.8 Å². The molecule has 0 radical (unpaired) electrons. The van der Waals surface area contributed by atoms with Crippen molar-refractivity contribution in [3.05, 3.63) is 47.4 Å². The Hall–Kier alpha value is -2.48. The standard InChI is InChI=1S/C18H22N4O3S/c1-4-26-9-8-25-17(23)15-12(2)21-18-19-11-20-22(18)16(15)13-6-5-7-14(10-13)24-3/h5-7,10-11,16H,4,8-9H2,1-3H3,(H,19,20,21). The molecule has 26 heavy (non-hydrogen) atoms. The smallest absolute Gasteiger partial charge is 0.338 e. The van der Waals surface area contributed by atoms with E-state index in [1.165, 1.54) is 6.33 Å². The molecule has 0 amide bonds. The van der Waals surface area contributed by atoms with Gasteiger partial charge in [0.25, 0.3) is 0 Å². The van der Waals surface area contributed by atoms with Gasteiger partial charge >= 0.3 is 5.97 Å². The Morgan fingerprint density at radius 2 is 2.27 bits per heavy atom. The van der Waals surface area contributed by atoms with Gasteiger partial charge in [-0.05, 0) is 30.4 Å². The number of carbonyl (C=O) groups is 1. The van der Waals surface area contributed by atoms with Gasteiger partial charge in [-0.15, -0.1) is 0 Å². The first-order valence-electron chi connectivity index (χ1n) is 8.41. The largest absolute Gasteiger partial charge is 0.497 e. The number of thioether (sulfide) groups is 1. The number of hydrogen-bond donors (Lipinski definition) is 1. The Kier molecular flexibility index (Phi) is 5.82. The van der Waals surface area contributed by atoms with E-state index in [0.717, 1.165) is 17.1 Å². The minimum Gasteiger partial charge on any atom is -0.497 e. The summed E-state index contributed by atoms with van der Waals surface area (Å²) in [6.07, 6.45) is 1.47. The first kappa shape index (κ1) is 18.3. The van der Waals surface area contributed by atoms with Crippen molar-refractivity contribution in [3.8, 4) is 5.75 Å². The maximum absolute atomic E-state index is 12.8. The SMILES string of the molecule is CCSCCOC(=O)C1=C(C)Nc2ncnn2C1c1cccc(OC)c1. The number of ether oxygens (including phenoxy) is 2. The summed E-state index contributed by atoms with van der Waals surface area (Å²) in [6, 6.07) is 7.17. The van der Waals surface area contributed by atoms with Crippen molar-refractivity contribution in [2.45, 2.75) is 19.9 Å². The van der Waals surface area contributed by atoms with Crippen LogP contribution < -0.4 is 10.1 Å². The second kappa shape index (κ2) is 8.27. The molecule has 1 aromatic heterocycles. The number of carbonyl (C=O) groups excluding carboxylic acids is 1. The molecule has 7 nitrogen and oxygen atoms in total. The zero-order chi connectivity index (χ0) is 18.5. The fraction of sp³-hybridized carbons (Fsp3) is 0.389. The van der Waals surface area contributed by atoms with Gasteiger partial charge in [-0.1, -0.05) is 19.1 Å². The van der Waals surface area contributed by atoms with Crippen molar-refractivity contribution in [1.29, 1.82) is 0 Å². The van der Waals surface area contributed by atoms with Crippen molar-refractivity contribution >= 4 is 23.7 Å². The van der Waals surface area contributed by atoms with Crippen molar-refractivity contribution in [2.24, 2.45) is 0 Å². The highest BCUT2D eigenvalue weighted by Gasteiger charge is 2.34. The zero-order valence-corrected chi connectivity index (χ0v) is 15.9. The number of nitrogens with zero attached hydrogens (tertiary/aromatic N) is 3. The summed E-state index contributed by atoms with van der Waals surface area (Å²) in [5.41, 5.74) is 2.12. The third-order valence-corrected chi connectivity index (χ3v) is 4.95. The van der Waals surface area contributed by atoms with Gasteiger partial charge in [-0.25, -0.2) is 9.48 Å². The maximum atomic E-state index is 12.8. The monoisotopic (exact) mass is 374 g/mol. The summed E-state index contributed by atoms with van der Waals surface area (Å²) in [5, 5.41) is 7.44. The number of rotatable bonds is 7. The lowest BCUT2D eigenvalue weighted by atomic mass is 9.95. The molecular weight excluding hydrogens is 352 g/mol. The Morgan fingerprint density at radius 1 is 1.42 bits per heavy atom. The number of fused-ring (bicyclic) bond motifs is 1. The molecule has 2 heterocycles. The number of benzene rings is 1. The maximum Gasteiger partial charge on any atom is 0.338 e. The summed E-state index contributed by atoms with van der Waals surface area (Å²) in [5.74, 6) is 2.73. The fourth-order valence-electron chi connectivity index (χ4n) is 2.89. The summed E-state index contributed by atoms with van der Waals surface area (Å²) >= 11 is 1.74. The van der Waals surface area contributed by atoms with E-state index in [1.807, 2.05) is 31.2 Å². The number of allylic oxidation sites excluding steroid dienone is 1. The average Bonchev–Trinajstić information content (AvgIpc) is 3.11. The summed E-state index contributed by atoms with van der Waals surface area (Å²) < 4.78 is 12.5. The lowest BCUT2D eigenvalue weighted by Gasteiger charge is -2.28. The van der Waals surface area contributed by atoms with Gasteiger partial charge in [0, 0.05) is 11.4 Å². The minimum absolute atomic E-state index is 0.347. The van der Waals surface area contributed by atoms with Crippen molar-refractivity contribution in [2.75, 3.05) is 30.5 Å². The van der Waals surface area contributed by atoms with Crippen LogP contribution in [0.1, 0.15) is 25.5 Å². The molecule has 138 valence electrons. The predicted octanol–water partition coefficient (Wildman–Crippen LogP) is 2.87. The molecule has 1 aliphatic rings. The second-order valence-corrected chi connectivity index (χ2v) is 7.10. The van der Waals surface area contributed by atoms with E-state index in [4.69, 9.17) is 9.47 Å². The molecule has 3 rings (SSSR count). The molecule has 2 aromatic rings. The second-order valence-electron chi connectivity index (χ2n) is 5.70. The number of methoxy groups -OCH3 is 1. The number of anilines is 1. The Labute approximate surface area is 156 Å². The molecule has 1 atom stereocenters. The van der Waals surface area contributed by atoms with Crippen LogP contribution >= 0.6 is 11.8 Å². The van der Waals surface area contributed by atoms with Gasteiger partial charge in [0.2, 0.25) is 5.95 Å². The van der Waals surface area contributed by atoms with Crippen LogP contribution in [0.5, 0.6) is 5.75 Å². The predicted molar refractivity (Wildman–Crippen MR) is 101 cm³/mol. The normalized spacial score (nSPS) is 16.0. The van der Waals surface area contributed by atoms with Gasteiger partial charge < -0.3 is 14.8 Å². The Balaban J connectivity index is 1.95. The van der Waals surface area contributed by atoms with Crippen molar-refractivity contribution < 1.29 is 14.3 Å². The van der Waals surface area contributed by atoms with E-state index in [9.17, 15) is 4.79 Å². The molecule has 1 aromatic carbocycles. The first-order valence-corrected chi connectivity index (χ1v) is 9.57.